The van der Waals surface area contributed by atoms with E-state index in [4.69, 9.17) is 15.2 Å². The molecule has 7 heteroatoms. The lowest BCUT2D eigenvalue weighted by atomic mass is 10.4. The van der Waals surface area contributed by atoms with Gasteiger partial charge in [0.05, 0.1) is 39.0 Å². The Bertz CT molecular complexity index is 292. The van der Waals surface area contributed by atoms with Gasteiger partial charge in [0.25, 0.3) is 0 Å². The summed E-state index contributed by atoms with van der Waals surface area (Å²) in [5.41, 5.74) is 5.37. The largest absolute Gasteiger partial charge is 0.389 e. The highest BCUT2D eigenvalue weighted by atomic mass is 16.5. The second-order valence-corrected chi connectivity index (χ2v) is 3.31. The van der Waals surface area contributed by atoms with E-state index in [0.717, 1.165) is 0 Å². The molecule has 1 aromatic heterocycles. The van der Waals surface area contributed by atoms with Gasteiger partial charge in [-0.1, -0.05) is 0 Å². The Balaban J connectivity index is 2.20. The highest BCUT2D eigenvalue weighted by Gasteiger charge is 2.07. The summed E-state index contributed by atoms with van der Waals surface area (Å²) in [5, 5.41) is 13.7. The Hall–Kier alpha value is -1.02. The van der Waals surface area contributed by atoms with E-state index in [1.807, 2.05) is 0 Å². The molecule has 1 aromatic rings. The summed E-state index contributed by atoms with van der Waals surface area (Å²) < 4.78 is 11.5. The lowest BCUT2D eigenvalue weighted by Gasteiger charge is -2.10. The van der Waals surface area contributed by atoms with Gasteiger partial charge in [-0.2, -0.15) is 5.10 Å². The van der Waals surface area contributed by atoms with Crippen LogP contribution < -0.4 is 5.73 Å². The van der Waals surface area contributed by atoms with Crippen LogP contribution in [-0.4, -0.2) is 52.9 Å². The van der Waals surface area contributed by atoms with Crippen LogP contribution in [0.3, 0.4) is 0 Å². The molecule has 0 bridgehead atoms. The number of aliphatic hydroxyl groups is 1. The van der Waals surface area contributed by atoms with Gasteiger partial charge in [0.15, 0.2) is 5.82 Å². The summed E-state index contributed by atoms with van der Waals surface area (Å²) >= 11 is 0. The van der Waals surface area contributed by atoms with E-state index in [2.05, 4.69) is 10.1 Å². The van der Waals surface area contributed by atoms with Crippen LogP contribution in [0.2, 0.25) is 0 Å². The lowest BCUT2D eigenvalue weighted by molar-refractivity contribution is 0.00591. The predicted octanol–water partition coefficient (Wildman–Crippen LogP) is -1.24. The highest BCUT2D eigenvalue weighted by Crippen LogP contribution is 1.93. The van der Waals surface area contributed by atoms with Crippen molar-refractivity contribution in [2.75, 3.05) is 26.9 Å². The molecular weight excluding hydrogens is 212 g/mol. The summed E-state index contributed by atoms with van der Waals surface area (Å²) in [7, 11) is 1.60. The molecule has 0 saturated heterocycles. The third-order valence-corrected chi connectivity index (χ3v) is 1.91. The third-order valence-electron chi connectivity index (χ3n) is 1.91. The minimum atomic E-state index is -0.607. The van der Waals surface area contributed by atoms with Crippen molar-refractivity contribution in [3.05, 3.63) is 12.2 Å². The van der Waals surface area contributed by atoms with Gasteiger partial charge < -0.3 is 20.3 Å². The first-order valence-electron chi connectivity index (χ1n) is 5.09. The van der Waals surface area contributed by atoms with Crippen molar-refractivity contribution < 1.29 is 14.6 Å². The molecule has 0 spiro atoms. The van der Waals surface area contributed by atoms with Crippen molar-refractivity contribution in [1.29, 1.82) is 0 Å². The fourth-order valence-corrected chi connectivity index (χ4v) is 1.14. The van der Waals surface area contributed by atoms with Crippen LogP contribution in [0.25, 0.3) is 0 Å². The van der Waals surface area contributed by atoms with Gasteiger partial charge in [0.2, 0.25) is 0 Å². The van der Waals surface area contributed by atoms with E-state index in [9.17, 15) is 5.11 Å². The normalized spacial score (nSPS) is 12.9. The number of nitrogens with two attached hydrogens (primary N) is 1. The molecule has 1 atom stereocenters. The van der Waals surface area contributed by atoms with Gasteiger partial charge in [-0.25, -0.2) is 9.67 Å². The Morgan fingerprint density at radius 3 is 3.00 bits per heavy atom. The summed E-state index contributed by atoms with van der Waals surface area (Å²) in [5.74, 6) is 0.563. The first-order chi connectivity index (χ1) is 7.76. The number of hydrogen-bond acceptors (Lipinski definition) is 6. The fourth-order valence-electron chi connectivity index (χ4n) is 1.14. The first kappa shape index (κ1) is 13.0. The summed E-state index contributed by atoms with van der Waals surface area (Å²) in [6.45, 7) is 1.89. The molecule has 16 heavy (non-hydrogen) atoms. The Labute approximate surface area is 94.2 Å². The lowest BCUT2D eigenvalue weighted by Crippen LogP contribution is -2.23. The van der Waals surface area contributed by atoms with Gasteiger partial charge in [-0.05, 0) is 0 Å². The molecule has 0 fully saturated rings. The number of rotatable bonds is 8. The van der Waals surface area contributed by atoms with Crippen molar-refractivity contribution in [2.24, 2.45) is 5.73 Å². The summed E-state index contributed by atoms with van der Waals surface area (Å²) in [6.07, 6.45) is 0.935. The van der Waals surface area contributed by atoms with Gasteiger partial charge in [-0.3, -0.25) is 0 Å². The molecule has 0 amide bonds. The number of hydrogen-bond donors (Lipinski definition) is 2. The van der Waals surface area contributed by atoms with Crippen molar-refractivity contribution in [3.8, 4) is 0 Å². The number of aliphatic hydroxyl groups excluding tert-OH is 1. The molecule has 0 aliphatic rings. The van der Waals surface area contributed by atoms with Crippen LogP contribution in [0.15, 0.2) is 6.33 Å². The number of aromatic nitrogens is 3. The molecule has 0 aromatic carbocycles. The third kappa shape index (κ3) is 4.67. The predicted molar refractivity (Wildman–Crippen MR) is 56.6 cm³/mol. The average molecular weight is 230 g/mol. The van der Waals surface area contributed by atoms with Crippen LogP contribution in [0.5, 0.6) is 0 Å². The molecular formula is C9H18N4O3. The molecule has 0 aliphatic carbocycles. The molecule has 0 aliphatic heterocycles. The zero-order valence-electron chi connectivity index (χ0n) is 9.37. The number of methoxy groups -OCH3 is 1. The first-order valence-corrected chi connectivity index (χ1v) is 5.09. The van der Waals surface area contributed by atoms with Crippen LogP contribution in [-0.2, 0) is 22.6 Å². The van der Waals surface area contributed by atoms with Gasteiger partial charge in [0, 0.05) is 7.11 Å². The van der Waals surface area contributed by atoms with Crippen molar-refractivity contribution in [3.63, 3.8) is 0 Å². The molecule has 1 heterocycles. The second kappa shape index (κ2) is 7.29. The SMILES string of the molecule is COCCOCC(O)Cn1cnc(CN)n1. The number of ether oxygens (including phenoxy) is 2. The Kier molecular flexibility index (Phi) is 5.94. The van der Waals surface area contributed by atoms with Crippen LogP contribution in [0.1, 0.15) is 5.82 Å². The van der Waals surface area contributed by atoms with Crippen molar-refractivity contribution >= 4 is 0 Å². The van der Waals surface area contributed by atoms with Crippen LogP contribution in [0.4, 0.5) is 0 Å². The maximum absolute atomic E-state index is 9.60. The molecule has 0 saturated carbocycles. The van der Waals surface area contributed by atoms with E-state index in [1.165, 1.54) is 0 Å². The maximum atomic E-state index is 9.60. The second-order valence-electron chi connectivity index (χ2n) is 3.31. The Morgan fingerprint density at radius 1 is 1.56 bits per heavy atom. The maximum Gasteiger partial charge on any atom is 0.164 e. The quantitative estimate of drug-likeness (QED) is 0.542. The molecule has 1 unspecified atom stereocenters. The molecule has 7 nitrogen and oxygen atoms in total. The molecule has 3 N–H and O–H groups in total. The van der Waals surface area contributed by atoms with E-state index in [0.29, 0.717) is 32.1 Å². The monoisotopic (exact) mass is 230 g/mol. The van der Waals surface area contributed by atoms with E-state index in [-0.39, 0.29) is 6.61 Å². The summed E-state index contributed by atoms with van der Waals surface area (Å²) in [4.78, 5) is 3.95. The van der Waals surface area contributed by atoms with Crippen LogP contribution in [0, 0.1) is 0 Å². The fraction of sp³-hybridized carbons (Fsp3) is 0.778. The average Bonchev–Trinajstić information content (AvgIpc) is 2.72. The van der Waals surface area contributed by atoms with E-state index < -0.39 is 6.10 Å². The minimum absolute atomic E-state index is 0.251. The molecule has 1 rings (SSSR count). The summed E-state index contributed by atoms with van der Waals surface area (Å²) in [6, 6.07) is 0. The van der Waals surface area contributed by atoms with Gasteiger partial charge in [-0.15, -0.1) is 0 Å². The standard InChI is InChI=1S/C9H18N4O3/c1-15-2-3-16-6-8(14)5-13-7-11-9(4-10)12-13/h7-8,14H,2-6,10H2,1H3. The topological polar surface area (TPSA) is 95.4 Å². The smallest absolute Gasteiger partial charge is 0.164 e. The zero-order chi connectivity index (χ0) is 11.8. The van der Waals surface area contributed by atoms with Crippen molar-refractivity contribution in [1.82, 2.24) is 14.8 Å². The molecule has 92 valence electrons. The van der Waals surface area contributed by atoms with Crippen LogP contribution >= 0.6 is 0 Å². The molecule has 0 radical (unpaired) electrons. The van der Waals surface area contributed by atoms with E-state index in [1.54, 1.807) is 18.1 Å². The van der Waals surface area contributed by atoms with E-state index >= 15 is 0 Å². The highest BCUT2D eigenvalue weighted by molar-refractivity contribution is 4.79. The van der Waals surface area contributed by atoms with Gasteiger partial charge >= 0.3 is 0 Å². The minimum Gasteiger partial charge on any atom is -0.389 e. The van der Waals surface area contributed by atoms with Crippen molar-refractivity contribution in [2.45, 2.75) is 19.2 Å². The van der Waals surface area contributed by atoms with Gasteiger partial charge in [0.1, 0.15) is 6.33 Å². The Morgan fingerprint density at radius 2 is 2.38 bits per heavy atom. The zero-order valence-corrected chi connectivity index (χ0v) is 9.37. The number of nitrogens with zero attached hydrogens (tertiary/aromatic N) is 3.